The Morgan fingerprint density at radius 3 is 2.76 bits per heavy atom. The van der Waals surface area contributed by atoms with Gasteiger partial charge in [-0.2, -0.15) is 0 Å². The normalized spacial score (nSPS) is 11.2. The van der Waals surface area contributed by atoms with Crippen molar-refractivity contribution >= 4 is 11.5 Å². The first-order chi connectivity index (χ1) is 10.0. The Hall–Kier alpha value is -3.23. The average Bonchev–Trinajstić information content (AvgIpc) is 2.49. The van der Waals surface area contributed by atoms with Gasteiger partial charge < -0.3 is 15.7 Å². The van der Waals surface area contributed by atoms with Crippen molar-refractivity contribution in [3.8, 4) is 11.6 Å². The van der Waals surface area contributed by atoms with Gasteiger partial charge in [-0.05, 0) is 18.6 Å². The molecule has 0 saturated carbocycles. The molecule has 9 nitrogen and oxygen atoms in total. The fraction of sp³-hybridized carbons (Fsp3) is 0.0833. The van der Waals surface area contributed by atoms with Crippen molar-refractivity contribution in [3.05, 3.63) is 52.0 Å². The van der Waals surface area contributed by atoms with Gasteiger partial charge in [0.2, 0.25) is 5.88 Å². The summed E-state index contributed by atoms with van der Waals surface area (Å²) in [5, 5.41) is 22.2. The number of hydrogen-bond acceptors (Lipinski definition) is 7. The van der Waals surface area contributed by atoms with Gasteiger partial charge in [-0.3, -0.25) is 10.1 Å². The molecule has 2 aromatic rings. The second-order valence-electron chi connectivity index (χ2n) is 4.00. The van der Waals surface area contributed by atoms with Gasteiger partial charge in [-0.25, -0.2) is 9.97 Å². The summed E-state index contributed by atoms with van der Waals surface area (Å²) in [6.07, 6.45) is 2.74. The predicted molar refractivity (Wildman–Crippen MR) is 72.5 cm³/mol. The van der Waals surface area contributed by atoms with Gasteiger partial charge in [0, 0.05) is 24.5 Å². The Balaban J connectivity index is 2.37. The number of non-ortho nitro benzene ring substituents is 1. The van der Waals surface area contributed by atoms with Crippen LogP contribution in [0.2, 0.25) is 0 Å². The van der Waals surface area contributed by atoms with Crippen LogP contribution in [0, 0.1) is 17.0 Å². The Morgan fingerprint density at radius 2 is 2.14 bits per heavy atom. The van der Waals surface area contributed by atoms with Crippen molar-refractivity contribution < 1.29 is 14.9 Å². The summed E-state index contributed by atoms with van der Waals surface area (Å²) in [6, 6.07) is 4.12. The molecule has 0 aliphatic rings. The summed E-state index contributed by atoms with van der Waals surface area (Å²) in [6.45, 7) is 1.65. The van der Waals surface area contributed by atoms with Crippen molar-refractivity contribution in [2.75, 3.05) is 0 Å². The molecule has 0 radical (unpaired) electrons. The lowest BCUT2D eigenvalue weighted by Gasteiger charge is -2.09. The summed E-state index contributed by atoms with van der Waals surface area (Å²) in [5.74, 6) is 0.135. The Bertz CT molecular complexity index is 717. The molecule has 0 saturated heterocycles. The monoisotopic (exact) mass is 289 g/mol. The third-order valence-electron chi connectivity index (χ3n) is 2.59. The second-order valence-corrected chi connectivity index (χ2v) is 4.00. The average molecular weight is 289 g/mol. The Labute approximate surface area is 118 Å². The number of nitro groups is 1. The third kappa shape index (κ3) is 3.03. The molecule has 0 aliphatic carbocycles. The molecule has 1 aromatic heterocycles. The van der Waals surface area contributed by atoms with Gasteiger partial charge in [-0.15, -0.1) is 0 Å². The van der Waals surface area contributed by atoms with Crippen molar-refractivity contribution in [1.82, 2.24) is 9.97 Å². The lowest BCUT2D eigenvalue weighted by atomic mass is 10.2. The lowest BCUT2D eigenvalue weighted by molar-refractivity contribution is -0.384. The van der Waals surface area contributed by atoms with E-state index in [0.29, 0.717) is 11.3 Å². The molecule has 21 heavy (non-hydrogen) atoms. The zero-order valence-corrected chi connectivity index (χ0v) is 10.9. The van der Waals surface area contributed by atoms with Crippen LogP contribution in [0.25, 0.3) is 0 Å². The van der Waals surface area contributed by atoms with Crippen LogP contribution in [-0.4, -0.2) is 25.9 Å². The van der Waals surface area contributed by atoms with Crippen molar-refractivity contribution in [2.24, 2.45) is 10.9 Å². The number of nitro benzene ring substituents is 1. The Kier molecular flexibility index (Phi) is 3.93. The number of hydrogen-bond donors (Lipinski definition) is 2. The topological polar surface area (TPSA) is 137 Å². The van der Waals surface area contributed by atoms with Gasteiger partial charge in [0.25, 0.3) is 5.69 Å². The summed E-state index contributed by atoms with van der Waals surface area (Å²) in [4.78, 5) is 18.0. The van der Waals surface area contributed by atoms with E-state index in [2.05, 4.69) is 15.1 Å². The second kappa shape index (κ2) is 5.82. The highest BCUT2D eigenvalue weighted by molar-refractivity contribution is 5.97. The molecule has 9 heteroatoms. The number of aryl methyl sites for hydroxylation is 1. The molecule has 0 spiro atoms. The molecule has 0 amide bonds. The van der Waals surface area contributed by atoms with E-state index in [9.17, 15) is 10.1 Å². The number of aromatic nitrogens is 2. The Morgan fingerprint density at radius 1 is 1.43 bits per heavy atom. The molecule has 3 N–H and O–H groups in total. The zero-order valence-electron chi connectivity index (χ0n) is 10.9. The van der Waals surface area contributed by atoms with Crippen LogP contribution in [0.15, 0.2) is 35.7 Å². The van der Waals surface area contributed by atoms with E-state index in [-0.39, 0.29) is 23.1 Å². The van der Waals surface area contributed by atoms with E-state index >= 15 is 0 Å². The molecule has 108 valence electrons. The van der Waals surface area contributed by atoms with Crippen LogP contribution in [0.5, 0.6) is 11.6 Å². The van der Waals surface area contributed by atoms with E-state index in [1.807, 2.05) is 0 Å². The molecule has 0 bridgehead atoms. The minimum absolute atomic E-state index is 0.0322. The number of rotatable bonds is 4. The van der Waals surface area contributed by atoms with Crippen LogP contribution in [0.4, 0.5) is 5.69 Å². The van der Waals surface area contributed by atoms with E-state index in [1.54, 1.807) is 6.92 Å². The first kappa shape index (κ1) is 14.2. The molecule has 0 atom stereocenters. The highest BCUT2D eigenvalue weighted by Crippen LogP contribution is 2.28. The van der Waals surface area contributed by atoms with Crippen LogP contribution >= 0.6 is 0 Å². The maximum absolute atomic E-state index is 10.7. The fourth-order valence-electron chi connectivity index (χ4n) is 1.59. The number of benzene rings is 1. The third-order valence-corrected chi connectivity index (χ3v) is 2.59. The molecular weight excluding hydrogens is 278 g/mol. The molecule has 1 aromatic carbocycles. The number of nitrogens with zero attached hydrogens (tertiary/aromatic N) is 4. The predicted octanol–water partition coefficient (Wildman–Crippen LogP) is 1.58. The maximum Gasteiger partial charge on any atom is 0.269 e. The fourth-order valence-corrected chi connectivity index (χ4v) is 1.59. The first-order valence-electron chi connectivity index (χ1n) is 5.74. The van der Waals surface area contributed by atoms with Crippen LogP contribution in [0.3, 0.4) is 0 Å². The van der Waals surface area contributed by atoms with Crippen molar-refractivity contribution in [2.45, 2.75) is 6.92 Å². The number of oxime groups is 1. The number of nitrogens with two attached hydrogens (primary N) is 1. The van der Waals surface area contributed by atoms with Crippen LogP contribution < -0.4 is 10.5 Å². The highest BCUT2D eigenvalue weighted by atomic mass is 16.6. The van der Waals surface area contributed by atoms with Gasteiger partial charge in [0.15, 0.2) is 11.5 Å². The maximum atomic E-state index is 10.7. The van der Waals surface area contributed by atoms with Crippen molar-refractivity contribution in [1.29, 1.82) is 0 Å². The minimum Gasteiger partial charge on any atom is -0.437 e. The van der Waals surface area contributed by atoms with E-state index in [0.717, 1.165) is 0 Å². The molecule has 0 aliphatic heterocycles. The van der Waals surface area contributed by atoms with E-state index in [4.69, 9.17) is 15.7 Å². The van der Waals surface area contributed by atoms with Crippen molar-refractivity contribution in [3.63, 3.8) is 0 Å². The number of amidine groups is 1. The van der Waals surface area contributed by atoms with Crippen LogP contribution in [-0.2, 0) is 0 Å². The summed E-state index contributed by atoms with van der Waals surface area (Å²) >= 11 is 0. The van der Waals surface area contributed by atoms with Gasteiger partial charge in [0.05, 0.1) is 4.92 Å². The molecule has 0 fully saturated rings. The summed E-state index contributed by atoms with van der Waals surface area (Å²) in [7, 11) is 0. The van der Waals surface area contributed by atoms with Gasteiger partial charge in [-0.1, -0.05) is 5.16 Å². The van der Waals surface area contributed by atoms with E-state index < -0.39 is 4.92 Å². The molecule has 0 unspecified atom stereocenters. The van der Waals surface area contributed by atoms with Crippen LogP contribution in [0.1, 0.15) is 11.3 Å². The minimum atomic E-state index is -0.499. The zero-order chi connectivity index (χ0) is 15.4. The quantitative estimate of drug-likeness (QED) is 0.286. The lowest BCUT2D eigenvalue weighted by Crippen LogP contribution is -2.16. The standard InChI is InChI=1S/C12H11N5O4/c1-7-6-8(17(19)20)2-3-9(7)21-12-10(11(13)16-18)14-4-5-15-12/h2-6,18H,1H3,(H2,13,16). The smallest absolute Gasteiger partial charge is 0.269 e. The largest absolute Gasteiger partial charge is 0.437 e. The highest BCUT2D eigenvalue weighted by Gasteiger charge is 2.15. The molecular formula is C12H11N5O4. The summed E-state index contributed by atoms with van der Waals surface area (Å²) < 4.78 is 5.53. The van der Waals surface area contributed by atoms with Gasteiger partial charge >= 0.3 is 0 Å². The molecule has 2 rings (SSSR count). The van der Waals surface area contributed by atoms with E-state index in [1.165, 1.54) is 30.6 Å². The summed E-state index contributed by atoms with van der Waals surface area (Å²) in [5.41, 5.74) is 6.04. The number of ether oxygens (including phenoxy) is 1. The molecule has 1 heterocycles. The SMILES string of the molecule is Cc1cc([N+](=O)[O-])ccc1Oc1nccnc1/C(N)=N/O. The van der Waals surface area contributed by atoms with Gasteiger partial charge in [0.1, 0.15) is 5.75 Å². The first-order valence-corrected chi connectivity index (χ1v) is 5.74.